The fourth-order valence-corrected chi connectivity index (χ4v) is 3.85. The van der Waals surface area contributed by atoms with E-state index in [1.807, 2.05) is 6.26 Å². The van der Waals surface area contributed by atoms with Gasteiger partial charge in [0.15, 0.2) is 0 Å². The zero-order chi connectivity index (χ0) is 28.1. The Morgan fingerprint density at radius 3 is 2.05 bits per heavy atom. The number of hydrogen-bond donors (Lipinski definition) is 7. The van der Waals surface area contributed by atoms with Crippen LogP contribution in [0, 0.1) is 5.92 Å². The smallest absolute Gasteiger partial charge is 0.326 e. The fraction of sp³-hybridized carbons (Fsp3) is 0.542. The molecule has 5 unspecified atom stereocenters. The average Bonchev–Trinajstić information content (AvgIpc) is 2.84. The summed E-state index contributed by atoms with van der Waals surface area (Å²) in [6, 6.07) is 1.34. The van der Waals surface area contributed by atoms with E-state index in [0.717, 1.165) is 0 Å². The summed E-state index contributed by atoms with van der Waals surface area (Å²) in [5.74, 6) is -4.12. The van der Waals surface area contributed by atoms with Gasteiger partial charge in [-0.1, -0.05) is 32.4 Å². The number of carboxylic acids is 1. The van der Waals surface area contributed by atoms with Gasteiger partial charge in [-0.3, -0.25) is 19.2 Å². The zero-order valence-corrected chi connectivity index (χ0v) is 22.0. The highest BCUT2D eigenvalue weighted by atomic mass is 32.2. The van der Waals surface area contributed by atoms with Gasteiger partial charge in [-0.15, -0.1) is 0 Å². The molecule has 206 valence electrons. The molecule has 13 heteroatoms. The molecule has 0 heterocycles. The molecular formula is C24H37N5O7S. The number of benzene rings is 1. The van der Waals surface area contributed by atoms with Crippen molar-refractivity contribution in [2.45, 2.75) is 63.7 Å². The van der Waals surface area contributed by atoms with Crippen LogP contribution >= 0.6 is 11.8 Å². The van der Waals surface area contributed by atoms with E-state index in [4.69, 9.17) is 11.5 Å². The zero-order valence-electron chi connectivity index (χ0n) is 21.2. The summed E-state index contributed by atoms with van der Waals surface area (Å²) < 4.78 is 0. The van der Waals surface area contributed by atoms with Crippen LogP contribution in [0.1, 0.15) is 38.7 Å². The molecule has 0 aromatic heterocycles. The summed E-state index contributed by atoms with van der Waals surface area (Å²) in [6.07, 6.45) is 2.06. The van der Waals surface area contributed by atoms with Crippen molar-refractivity contribution in [2.24, 2.45) is 17.4 Å². The maximum Gasteiger partial charge on any atom is 0.326 e. The van der Waals surface area contributed by atoms with Gasteiger partial charge in [0.05, 0.1) is 12.5 Å². The lowest BCUT2D eigenvalue weighted by atomic mass is 9.98. The van der Waals surface area contributed by atoms with Gasteiger partial charge in [0, 0.05) is 0 Å². The minimum Gasteiger partial charge on any atom is -0.508 e. The van der Waals surface area contributed by atoms with Crippen molar-refractivity contribution in [3.63, 3.8) is 0 Å². The molecule has 0 saturated carbocycles. The third-order valence-corrected chi connectivity index (χ3v) is 6.43. The molecule has 4 amide bonds. The third-order valence-electron chi connectivity index (χ3n) is 5.79. The average molecular weight is 540 g/mol. The highest BCUT2D eigenvalue weighted by molar-refractivity contribution is 7.98. The van der Waals surface area contributed by atoms with Crippen LogP contribution in [0.25, 0.3) is 0 Å². The number of nitrogens with one attached hydrogen (secondary N) is 3. The number of phenolic OH excluding ortho intramolecular Hbond substituents is 1. The van der Waals surface area contributed by atoms with E-state index in [-0.39, 0.29) is 24.5 Å². The molecule has 1 aromatic carbocycles. The lowest BCUT2D eigenvalue weighted by molar-refractivity contribution is -0.144. The number of primary amides is 1. The molecule has 9 N–H and O–H groups in total. The monoisotopic (exact) mass is 539 g/mol. The van der Waals surface area contributed by atoms with Gasteiger partial charge >= 0.3 is 5.97 Å². The standard InChI is InChI=1S/C24H37N5O7S/c1-4-13(2)20(24(35)36)29-22(33)17(9-10-37-3)27-23(34)18(12-19(26)31)28-21(32)16(25)11-14-5-7-15(30)8-6-14/h5-8,13,16-18,20,30H,4,9-12,25H2,1-3H3,(H2,26,31)(H,27,34)(H,28,32)(H,29,33)(H,35,36). The van der Waals surface area contributed by atoms with Crippen LogP contribution in [0.15, 0.2) is 24.3 Å². The number of rotatable bonds is 16. The first-order valence-corrected chi connectivity index (χ1v) is 13.2. The minimum atomic E-state index is -1.40. The maximum atomic E-state index is 13.0. The van der Waals surface area contributed by atoms with Gasteiger partial charge in [-0.25, -0.2) is 4.79 Å². The summed E-state index contributed by atoms with van der Waals surface area (Å²) in [6.45, 7) is 3.48. The van der Waals surface area contributed by atoms with Gasteiger partial charge in [0.25, 0.3) is 0 Å². The van der Waals surface area contributed by atoms with E-state index in [0.29, 0.717) is 17.7 Å². The third kappa shape index (κ3) is 11.1. The van der Waals surface area contributed by atoms with Crippen LogP contribution in [0.4, 0.5) is 0 Å². The summed E-state index contributed by atoms with van der Waals surface area (Å²) in [5, 5.41) is 26.3. The van der Waals surface area contributed by atoms with E-state index in [1.165, 1.54) is 23.9 Å². The van der Waals surface area contributed by atoms with Gasteiger partial charge < -0.3 is 37.6 Å². The Balaban J connectivity index is 2.97. The highest BCUT2D eigenvalue weighted by Crippen LogP contribution is 2.12. The molecule has 0 bridgehead atoms. The molecular weight excluding hydrogens is 502 g/mol. The van der Waals surface area contributed by atoms with E-state index >= 15 is 0 Å². The number of carbonyl (C=O) groups is 5. The molecule has 0 aliphatic heterocycles. The quantitative estimate of drug-likeness (QED) is 0.144. The molecule has 0 saturated heterocycles. The van der Waals surface area contributed by atoms with Crippen LogP contribution in [-0.2, 0) is 30.4 Å². The molecule has 0 aliphatic rings. The van der Waals surface area contributed by atoms with Crippen molar-refractivity contribution in [3.05, 3.63) is 29.8 Å². The van der Waals surface area contributed by atoms with Gasteiger partial charge in [0.1, 0.15) is 23.9 Å². The summed E-state index contributed by atoms with van der Waals surface area (Å²) in [5.41, 5.74) is 11.9. The van der Waals surface area contributed by atoms with Crippen LogP contribution in [0.5, 0.6) is 5.75 Å². The molecule has 0 aliphatic carbocycles. The highest BCUT2D eigenvalue weighted by Gasteiger charge is 2.32. The molecule has 0 spiro atoms. The summed E-state index contributed by atoms with van der Waals surface area (Å²) >= 11 is 1.42. The maximum absolute atomic E-state index is 13.0. The second-order valence-corrected chi connectivity index (χ2v) is 9.75. The number of hydrogen-bond acceptors (Lipinski definition) is 8. The van der Waals surface area contributed by atoms with E-state index < -0.39 is 60.2 Å². The van der Waals surface area contributed by atoms with Crippen LogP contribution in [0.2, 0.25) is 0 Å². The van der Waals surface area contributed by atoms with Gasteiger partial charge in [-0.2, -0.15) is 11.8 Å². The number of aliphatic carboxylic acids is 1. The number of phenols is 1. The first-order chi connectivity index (χ1) is 17.4. The molecule has 5 atom stereocenters. The van der Waals surface area contributed by atoms with E-state index in [1.54, 1.807) is 26.0 Å². The van der Waals surface area contributed by atoms with Crippen molar-refractivity contribution in [2.75, 3.05) is 12.0 Å². The SMILES string of the molecule is CCC(C)C(NC(=O)C(CCSC)NC(=O)C(CC(N)=O)NC(=O)C(N)Cc1ccc(O)cc1)C(=O)O. The minimum absolute atomic E-state index is 0.0545. The Morgan fingerprint density at radius 1 is 0.973 bits per heavy atom. The van der Waals surface area contributed by atoms with E-state index in [9.17, 15) is 34.2 Å². The lowest BCUT2D eigenvalue weighted by Crippen LogP contribution is -2.58. The molecule has 0 fully saturated rings. The van der Waals surface area contributed by atoms with Gasteiger partial charge in [-0.05, 0) is 48.5 Å². The second kappa shape index (κ2) is 15.7. The predicted octanol–water partition coefficient (Wildman–Crippen LogP) is -0.524. The van der Waals surface area contributed by atoms with Crippen molar-refractivity contribution < 1.29 is 34.2 Å². The number of aromatic hydroxyl groups is 1. The molecule has 37 heavy (non-hydrogen) atoms. The number of nitrogens with two attached hydrogens (primary N) is 2. The number of amides is 4. The Labute approximate surface area is 220 Å². The van der Waals surface area contributed by atoms with Crippen molar-refractivity contribution in [1.82, 2.24) is 16.0 Å². The number of thioether (sulfide) groups is 1. The summed E-state index contributed by atoms with van der Waals surface area (Å²) in [4.78, 5) is 61.8. The van der Waals surface area contributed by atoms with Crippen molar-refractivity contribution in [1.29, 1.82) is 0 Å². The number of carboxylic acid groups (broad SMARTS) is 1. The first kappa shape index (κ1) is 31.7. The van der Waals surface area contributed by atoms with Gasteiger partial charge in [0.2, 0.25) is 23.6 Å². The first-order valence-electron chi connectivity index (χ1n) is 11.8. The molecule has 0 radical (unpaired) electrons. The molecule has 1 aromatic rings. The van der Waals surface area contributed by atoms with Crippen LogP contribution < -0.4 is 27.4 Å². The Morgan fingerprint density at radius 2 is 1.54 bits per heavy atom. The second-order valence-electron chi connectivity index (χ2n) is 8.76. The van der Waals surface area contributed by atoms with Crippen molar-refractivity contribution >= 4 is 41.4 Å². The lowest BCUT2D eigenvalue weighted by Gasteiger charge is -2.26. The summed E-state index contributed by atoms with van der Waals surface area (Å²) in [7, 11) is 0. The predicted molar refractivity (Wildman–Crippen MR) is 139 cm³/mol. The normalized spacial score (nSPS) is 14.9. The Bertz CT molecular complexity index is 944. The number of carbonyl (C=O) groups excluding carboxylic acids is 4. The van der Waals surface area contributed by atoms with E-state index in [2.05, 4.69) is 16.0 Å². The fourth-order valence-electron chi connectivity index (χ4n) is 3.38. The Hall–Kier alpha value is -3.32. The largest absolute Gasteiger partial charge is 0.508 e. The topological polar surface area (TPSA) is 214 Å². The van der Waals surface area contributed by atoms with Crippen molar-refractivity contribution in [3.8, 4) is 5.75 Å². The Kier molecular flexibility index (Phi) is 13.5. The van der Waals surface area contributed by atoms with Crippen LogP contribution in [0.3, 0.4) is 0 Å². The van der Waals surface area contributed by atoms with Crippen LogP contribution in [-0.4, -0.2) is 76.0 Å². The molecule has 1 rings (SSSR count). The molecule has 12 nitrogen and oxygen atoms in total.